The molecule has 0 aliphatic rings. The van der Waals surface area contributed by atoms with Gasteiger partial charge in [-0.1, -0.05) is 27.3 Å². The van der Waals surface area contributed by atoms with Gasteiger partial charge in [0.15, 0.2) is 0 Å². The van der Waals surface area contributed by atoms with Crippen molar-refractivity contribution in [3.8, 4) is 0 Å². The lowest BCUT2D eigenvalue weighted by atomic mass is 10.4. The predicted molar refractivity (Wildman–Crippen MR) is 46.1 cm³/mol. The summed E-state index contributed by atoms with van der Waals surface area (Å²) in [5.74, 6) is -0.567. The molecule has 1 aromatic heterocycles. The minimum Gasteiger partial charge on any atom is -0.365 e. The highest BCUT2D eigenvalue weighted by Crippen LogP contribution is 2.10. The predicted octanol–water partition coefficient (Wildman–Crippen LogP) is 0.430. The van der Waals surface area contributed by atoms with E-state index in [-0.39, 0.29) is 4.87 Å². The molecular formula is C5H5BrN2O2S. The van der Waals surface area contributed by atoms with E-state index < -0.39 is 5.91 Å². The number of primary amides is 1. The highest BCUT2D eigenvalue weighted by Gasteiger charge is 2.10. The van der Waals surface area contributed by atoms with Crippen LogP contribution in [0.4, 0.5) is 0 Å². The zero-order valence-corrected chi connectivity index (χ0v) is 7.79. The summed E-state index contributed by atoms with van der Waals surface area (Å²) in [5, 5.41) is 0.435. The highest BCUT2D eigenvalue weighted by atomic mass is 79.9. The molecule has 0 aliphatic carbocycles. The van der Waals surface area contributed by atoms with Gasteiger partial charge in [-0.25, -0.2) is 0 Å². The lowest BCUT2D eigenvalue weighted by Gasteiger charge is -1.90. The van der Waals surface area contributed by atoms with Gasteiger partial charge < -0.3 is 10.7 Å². The van der Waals surface area contributed by atoms with Gasteiger partial charge in [0.05, 0.1) is 5.69 Å². The largest absolute Gasteiger partial charge is 0.365 e. The summed E-state index contributed by atoms with van der Waals surface area (Å²) in [6.45, 7) is 0. The third-order valence-electron chi connectivity index (χ3n) is 1.08. The van der Waals surface area contributed by atoms with Crippen molar-refractivity contribution in [1.29, 1.82) is 0 Å². The van der Waals surface area contributed by atoms with Gasteiger partial charge in [-0.15, -0.1) is 0 Å². The average Bonchev–Trinajstić information content (AvgIpc) is 2.30. The molecule has 0 aromatic carbocycles. The Morgan fingerprint density at radius 3 is 2.73 bits per heavy atom. The summed E-state index contributed by atoms with van der Waals surface area (Å²) in [7, 11) is 0. The first-order valence-electron chi connectivity index (χ1n) is 2.73. The van der Waals surface area contributed by atoms with Gasteiger partial charge >= 0.3 is 4.87 Å². The molecule has 0 spiro atoms. The molecule has 11 heavy (non-hydrogen) atoms. The van der Waals surface area contributed by atoms with E-state index in [9.17, 15) is 9.59 Å². The van der Waals surface area contributed by atoms with Crippen molar-refractivity contribution in [2.75, 3.05) is 0 Å². The van der Waals surface area contributed by atoms with Crippen LogP contribution in [0.3, 0.4) is 0 Å². The van der Waals surface area contributed by atoms with Crippen LogP contribution in [0.1, 0.15) is 15.4 Å². The fourth-order valence-electron chi connectivity index (χ4n) is 0.653. The van der Waals surface area contributed by atoms with Crippen molar-refractivity contribution in [3.05, 3.63) is 20.2 Å². The molecule has 0 bridgehead atoms. The number of hydrogen-bond acceptors (Lipinski definition) is 3. The van der Waals surface area contributed by atoms with Gasteiger partial charge in [0, 0.05) is 5.33 Å². The maximum Gasteiger partial charge on any atom is 0.305 e. The second-order valence-corrected chi connectivity index (χ2v) is 3.36. The fourth-order valence-corrected chi connectivity index (χ4v) is 1.97. The number of rotatable bonds is 2. The van der Waals surface area contributed by atoms with E-state index in [1.165, 1.54) is 0 Å². The topological polar surface area (TPSA) is 76.0 Å². The fraction of sp³-hybridized carbons (Fsp3) is 0.200. The van der Waals surface area contributed by atoms with Crippen LogP contribution in [-0.2, 0) is 5.33 Å². The Morgan fingerprint density at radius 1 is 1.73 bits per heavy atom. The van der Waals surface area contributed by atoms with Crippen LogP contribution in [0.2, 0.25) is 0 Å². The summed E-state index contributed by atoms with van der Waals surface area (Å²) >= 11 is 3.95. The number of nitrogens with two attached hydrogens (primary N) is 1. The van der Waals surface area contributed by atoms with E-state index in [1.54, 1.807) is 0 Å². The Kier molecular flexibility index (Phi) is 2.45. The second-order valence-electron chi connectivity index (χ2n) is 1.82. The Balaban J connectivity index is 3.23. The molecule has 0 aliphatic heterocycles. The van der Waals surface area contributed by atoms with Crippen LogP contribution in [-0.4, -0.2) is 10.9 Å². The molecule has 1 aromatic rings. The summed E-state index contributed by atoms with van der Waals surface area (Å²) < 4.78 is 0. The first kappa shape index (κ1) is 8.48. The van der Waals surface area contributed by atoms with Crippen LogP contribution in [0.5, 0.6) is 0 Å². The van der Waals surface area contributed by atoms with Crippen molar-refractivity contribution < 1.29 is 4.79 Å². The first-order valence-corrected chi connectivity index (χ1v) is 4.66. The number of hydrogen-bond donors (Lipinski definition) is 2. The molecule has 0 unspecified atom stereocenters. The summed E-state index contributed by atoms with van der Waals surface area (Å²) in [5.41, 5.74) is 5.54. The third-order valence-corrected chi connectivity index (χ3v) is 2.58. The van der Waals surface area contributed by atoms with Gasteiger partial charge in [0.2, 0.25) is 0 Å². The number of aromatic amines is 1. The molecule has 1 rings (SSSR count). The number of nitrogens with one attached hydrogen (secondary N) is 1. The van der Waals surface area contributed by atoms with E-state index in [4.69, 9.17) is 5.73 Å². The number of thiazole rings is 1. The molecule has 4 nitrogen and oxygen atoms in total. The Morgan fingerprint density at radius 2 is 2.36 bits per heavy atom. The molecule has 1 amide bonds. The zero-order valence-electron chi connectivity index (χ0n) is 5.39. The van der Waals surface area contributed by atoms with E-state index in [0.29, 0.717) is 15.9 Å². The van der Waals surface area contributed by atoms with Crippen LogP contribution < -0.4 is 10.6 Å². The first-order chi connectivity index (χ1) is 5.15. The number of carbonyl (C=O) groups is 1. The van der Waals surface area contributed by atoms with Gasteiger partial charge in [-0.2, -0.15) is 0 Å². The Labute approximate surface area is 74.6 Å². The van der Waals surface area contributed by atoms with Crippen molar-refractivity contribution in [3.63, 3.8) is 0 Å². The van der Waals surface area contributed by atoms with E-state index in [1.807, 2.05) is 0 Å². The zero-order chi connectivity index (χ0) is 8.43. The maximum atomic E-state index is 10.7. The minimum atomic E-state index is -0.567. The molecular weight excluding hydrogens is 232 g/mol. The van der Waals surface area contributed by atoms with E-state index >= 15 is 0 Å². The Hall–Kier alpha value is -0.620. The van der Waals surface area contributed by atoms with Crippen molar-refractivity contribution in [2.45, 2.75) is 5.33 Å². The normalized spacial score (nSPS) is 9.91. The van der Waals surface area contributed by atoms with E-state index in [0.717, 1.165) is 11.3 Å². The third kappa shape index (κ3) is 1.69. The molecule has 0 atom stereocenters. The Bertz CT molecular complexity index is 329. The van der Waals surface area contributed by atoms with Crippen LogP contribution >= 0.6 is 27.3 Å². The second kappa shape index (κ2) is 3.19. The van der Waals surface area contributed by atoms with Crippen molar-refractivity contribution in [1.82, 2.24) is 4.98 Å². The number of H-pyrrole nitrogens is 1. The van der Waals surface area contributed by atoms with Gasteiger partial charge in [0.1, 0.15) is 4.88 Å². The van der Waals surface area contributed by atoms with E-state index in [2.05, 4.69) is 20.9 Å². The number of amides is 1. The van der Waals surface area contributed by atoms with Crippen molar-refractivity contribution in [2.24, 2.45) is 5.73 Å². The molecule has 60 valence electrons. The summed E-state index contributed by atoms with van der Waals surface area (Å²) in [4.78, 5) is 23.9. The standard InChI is InChI=1S/C5H5BrN2O2S/c6-1-2-3(4(7)9)11-5(10)8-2/h1H2,(H2,7,9)(H,8,10). The van der Waals surface area contributed by atoms with Crippen LogP contribution in [0.25, 0.3) is 0 Å². The molecule has 0 saturated heterocycles. The number of carbonyl (C=O) groups excluding carboxylic acids is 1. The summed E-state index contributed by atoms with van der Waals surface area (Å²) in [6.07, 6.45) is 0. The van der Waals surface area contributed by atoms with Gasteiger partial charge in [-0.05, 0) is 0 Å². The molecule has 0 radical (unpaired) electrons. The van der Waals surface area contributed by atoms with Crippen molar-refractivity contribution >= 4 is 33.2 Å². The summed E-state index contributed by atoms with van der Waals surface area (Å²) in [6, 6.07) is 0. The average molecular weight is 237 g/mol. The lowest BCUT2D eigenvalue weighted by Crippen LogP contribution is -2.10. The number of halogens is 1. The van der Waals surface area contributed by atoms with Gasteiger partial charge in [0.25, 0.3) is 5.91 Å². The monoisotopic (exact) mass is 236 g/mol. The molecule has 6 heteroatoms. The maximum absolute atomic E-state index is 10.7. The minimum absolute atomic E-state index is 0.256. The molecule has 0 saturated carbocycles. The SMILES string of the molecule is NC(=O)c1sc(=O)[nH]c1CBr. The van der Waals surface area contributed by atoms with Crippen LogP contribution in [0.15, 0.2) is 4.79 Å². The van der Waals surface area contributed by atoms with Crippen LogP contribution in [0, 0.1) is 0 Å². The quantitative estimate of drug-likeness (QED) is 0.732. The smallest absolute Gasteiger partial charge is 0.305 e. The molecule has 3 N–H and O–H groups in total. The van der Waals surface area contributed by atoms with Gasteiger partial charge in [-0.3, -0.25) is 9.59 Å². The number of alkyl halides is 1. The molecule has 1 heterocycles. The lowest BCUT2D eigenvalue weighted by molar-refractivity contribution is 0.100. The number of aromatic nitrogens is 1. The highest BCUT2D eigenvalue weighted by molar-refractivity contribution is 9.08. The molecule has 0 fully saturated rings.